The quantitative estimate of drug-likeness (QED) is 0.723. The Balaban J connectivity index is 2.28. The molecule has 2 N–H and O–H groups in total. The van der Waals surface area contributed by atoms with Gasteiger partial charge in [0.2, 0.25) is 0 Å². The third-order valence-corrected chi connectivity index (χ3v) is 5.23. The minimum absolute atomic E-state index is 0.101. The first-order valence-corrected chi connectivity index (χ1v) is 9.22. The molecule has 2 aromatic rings. The van der Waals surface area contributed by atoms with Crippen molar-refractivity contribution in [3.63, 3.8) is 0 Å². The summed E-state index contributed by atoms with van der Waals surface area (Å²) < 4.78 is 28.7. The molecule has 0 bridgehead atoms. The fourth-order valence-electron chi connectivity index (χ4n) is 4.08. The first kappa shape index (κ1) is 20.2. The summed E-state index contributed by atoms with van der Waals surface area (Å²) >= 11 is 0. The molecule has 1 amide bonds. The van der Waals surface area contributed by atoms with Gasteiger partial charge in [-0.05, 0) is 56.9 Å². The van der Waals surface area contributed by atoms with Crippen molar-refractivity contribution in [2.75, 3.05) is 0 Å². The first-order chi connectivity index (χ1) is 13.1. The first-order valence-electron chi connectivity index (χ1n) is 9.22. The summed E-state index contributed by atoms with van der Waals surface area (Å²) in [6.07, 6.45) is -0.00704. The van der Waals surface area contributed by atoms with Crippen molar-refractivity contribution in [3.8, 4) is 0 Å². The maximum atomic E-state index is 14.7. The highest BCUT2D eigenvalue weighted by Crippen LogP contribution is 2.48. The number of amides is 1. The Bertz CT molecular complexity index is 882. The van der Waals surface area contributed by atoms with Crippen molar-refractivity contribution in [2.24, 2.45) is 0 Å². The van der Waals surface area contributed by atoms with Crippen LogP contribution in [0.1, 0.15) is 68.5 Å². The predicted molar refractivity (Wildman–Crippen MR) is 99.9 cm³/mol. The van der Waals surface area contributed by atoms with Gasteiger partial charge in [0, 0.05) is 17.7 Å². The molecule has 1 aromatic heterocycles. The van der Waals surface area contributed by atoms with E-state index in [1.165, 1.54) is 23.2 Å². The zero-order valence-corrected chi connectivity index (χ0v) is 16.1. The van der Waals surface area contributed by atoms with Gasteiger partial charge in [-0.3, -0.25) is 9.88 Å². The van der Waals surface area contributed by atoms with Crippen molar-refractivity contribution in [2.45, 2.75) is 57.2 Å². The number of aromatic nitrogens is 1. The van der Waals surface area contributed by atoms with E-state index in [1.807, 2.05) is 0 Å². The molecule has 1 aliphatic carbocycles. The number of aliphatic hydroxyl groups is 1. The summed E-state index contributed by atoms with van der Waals surface area (Å²) in [5.74, 6) is -2.64. The van der Waals surface area contributed by atoms with Crippen molar-refractivity contribution in [1.82, 2.24) is 9.88 Å². The molecule has 3 atom stereocenters. The minimum atomic E-state index is -1.18. The Morgan fingerprint density at radius 2 is 1.82 bits per heavy atom. The number of carboxylic acid groups (broad SMARTS) is 1. The number of rotatable bonds is 2. The van der Waals surface area contributed by atoms with Crippen LogP contribution in [-0.2, 0) is 0 Å². The van der Waals surface area contributed by atoms with Gasteiger partial charge in [0.15, 0.2) is 11.6 Å². The van der Waals surface area contributed by atoms with Crippen LogP contribution in [0.4, 0.5) is 13.6 Å². The van der Waals surface area contributed by atoms with Gasteiger partial charge in [-0.2, -0.15) is 0 Å². The van der Waals surface area contributed by atoms with Crippen LogP contribution in [0.25, 0.3) is 0 Å². The molecule has 1 aromatic carbocycles. The molecule has 150 valence electrons. The Kier molecular flexibility index (Phi) is 5.39. The minimum Gasteiger partial charge on any atom is -0.465 e. The Morgan fingerprint density at radius 1 is 1.14 bits per heavy atom. The van der Waals surface area contributed by atoms with E-state index in [-0.39, 0.29) is 18.4 Å². The second-order valence-corrected chi connectivity index (χ2v) is 8.09. The fourth-order valence-corrected chi connectivity index (χ4v) is 4.08. The molecule has 0 radical (unpaired) electrons. The van der Waals surface area contributed by atoms with Crippen molar-refractivity contribution >= 4 is 6.09 Å². The molecule has 0 spiro atoms. The number of fused-ring (bicyclic) bond motifs is 1. The number of halogens is 2. The van der Waals surface area contributed by atoms with Crippen molar-refractivity contribution in [1.29, 1.82) is 0 Å². The van der Waals surface area contributed by atoms with Gasteiger partial charge in [0.1, 0.15) is 0 Å². The third-order valence-electron chi connectivity index (χ3n) is 5.23. The molecular weight excluding hydrogens is 366 g/mol. The highest BCUT2D eigenvalue weighted by atomic mass is 19.2. The predicted octanol–water partition coefficient (Wildman–Crippen LogP) is 4.79. The molecule has 5 nitrogen and oxygen atoms in total. The number of pyridine rings is 1. The van der Waals surface area contributed by atoms with Gasteiger partial charge in [0.25, 0.3) is 0 Å². The second kappa shape index (κ2) is 7.47. The molecule has 28 heavy (non-hydrogen) atoms. The number of benzene rings is 1. The molecule has 0 unspecified atom stereocenters. The lowest BCUT2D eigenvalue weighted by Gasteiger charge is -2.43. The largest absolute Gasteiger partial charge is 0.465 e. The number of hydrogen-bond acceptors (Lipinski definition) is 3. The van der Waals surface area contributed by atoms with E-state index in [9.17, 15) is 23.8 Å². The number of hydrogen-bond donors (Lipinski definition) is 2. The van der Waals surface area contributed by atoms with E-state index in [4.69, 9.17) is 0 Å². The maximum absolute atomic E-state index is 14.7. The van der Waals surface area contributed by atoms with Crippen LogP contribution >= 0.6 is 0 Å². The Morgan fingerprint density at radius 3 is 2.46 bits per heavy atom. The van der Waals surface area contributed by atoms with Crippen LogP contribution in [0, 0.1) is 11.6 Å². The average Bonchev–Trinajstić information content (AvgIpc) is 2.75. The SMILES string of the molecule is CC(C)(C)N(C(=O)O)[C@@H]1c2cccnc2[C@@H](O)CC[C@@H]1c1cccc(F)c1F. The van der Waals surface area contributed by atoms with Gasteiger partial charge in [-0.1, -0.05) is 18.2 Å². The van der Waals surface area contributed by atoms with E-state index < -0.39 is 41.3 Å². The summed E-state index contributed by atoms with van der Waals surface area (Å²) in [4.78, 5) is 17.8. The topological polar surface area (TPSA) is 73.7 Å². The monoisotopic (exact) mass is 390 g/mol. The molecule has 1 heterocycles. The molecule has 0 saturated heterocycles. The van der Waals surface area contributed by atoms with Gasteiger partial charge >= 0.3 is 6.09 Å². The van der Waals surface area contributed by atoms with Gasteiger partial charge in [-0.15, -0.1) is 0 Å². The van der Waals surface area contributed by atoms with Crippen molar-refractivity contribution < 1.29 is 23.8 Å². The Hall–Kier alpha value is -2.54. The maximum Gasteiger partial charge on any atom is 0.408 e. The zero-order chi connectivity index (χ0) is 20.6. The van der Waals surface area contributed by atoms with Gasteiger partial charge in [-0.25, -0.2) is 13.6 Å². The molecule has 0 saturated carbocycles. The highest BCUT2D eigenvalue weighted by molar-refractivity contribution is 5.67. The number of nitrogens with zero attached hydrogens (tertiary/aromatic N) is 2. The van der Waals surface area contributed by atoms with Crippen LogP contribution in [-0.4, -0.2) is 31.7 Å². The molecule has 1 aliphatic rings. The summed E-state index contributed by atoms with van der Waals surface area (Å²) in [5, 5.41) is 20.6. The molecule has 0 fully saturated rings. The van der Waals surface area contributed by atoms with Gasteiger partial charge in [0.05, 0.1) is 17.8 Å². The molecule has 0 aliphatic heterocycles. The van der Waals surface area contributed by atoms with Crippen LogP contribution in [0.15, 0.2) is 36.5 Å². The highest BCUT2D eigenvalue weighted by Gasteiger charge is 2.43. The number of aliphatic hydroxyl groups excluding tert-OH is 1. The van der Waals surface area contributed by atoms with Crippen LogP contribution in [0.2, 0.25) is 0 Å². The zero-order valence-electron chi connectivity index (χ0n) is 16.1. The van der Waals surface area contributed by atoms with Crippen LogP contribution in [0.5, 0.6) is 0 Å². The fraction of sp³-hybridized carbons (Fsp3) is 0.429. The summed E-state index contributed by atoms with van der Waals surface area (Å²) in [7, 11) is 0. The standard InChI is InChI=1S/C21H24F2N2O3/c1-21(2,3)25(20(27)28)19-13(12-6-4-8-15(22)17(12)23)9-10-16(26)18-14(19)7-5-11-24-18/h4-8,11,13,16,19,26H,9-10H2,1-3H3,(H,27,28)/t13-,16+,19+/m1/s1. The number of carbonyl (C=O) groups is 1. The van der Waals surface area contributed by atoms with Crippen LogP contribution < -0.4 is 0 Å². The molecular formula is C21H24F2N2O3. The van der Waals surface area contributed by atoms with E-state index in [0.29, 0.717) is 11.3 Å². The van der Waals surface area contributed by atoms with E-state index >= 15 is 0 Å². The van der Waals surface area contributed by atoms with E-state index in [1.54, 1.807) is 32.9 Å². The normalized spacial score (nSPS) is 22.3. The van der Waals surface area contributed by atoms with Crippen LogP contribution in [0.3, 0.4) is 0 Å². The summed E-state index contributed by atoms with van der Waals surface area (Å²) in [6, 6.07) is 6.46. The summed E-state index contributed by atoms with van der Waals surface area (Å²) in [6.45, 7) is 5.24. The van der Waals surface area contributed by atoms with Crippen molar-refractivity contribution in [3.05, 3.63) is 65.0 Å². The van der Waals surface area contributed by atoms with E-state index in [2.05, 4.69) is 4.98 Å². The molecule has 7 heteroatoms. The lowest BCUT2D eigenvalue weighted by molar-refractivity contribution is 0.0584. The molecule has 3 rings (SSSR count). The van der Waals surface area contributed by atoms with Gasteiger partial charge < -0.3 is 10.2 Å². The summed E-state index contributed by atoms with van der Waals surface area (Å²) in [5.41, 5.74) is 0.172. The third kappa shape index (κ3) is 3.58. The Labute approximate surface area is 162 Å². The average molecular weight is 390 g/mol. The smallest absolute Gasteiger partial charge is 0.408 e. The lowest BCUT2D eigenvalue weighted by Crippen LogP contribution is -2.49. The van der Waals surface area contributed by atoms with E-state index in [0.717, 1.165) is 6.07 Å². The lowest BCUT2D eigenvalue weighted by atomic mass is 9.82. The second-order valence-electron chi connectivity index (χ2n) is 8.09.